The fraction of sp³-hybridized carbons (Fsp3) is 0.318. The number of carbonyl (C=O) groups is 2. The monoisotopic (exact) mass is 420 g/mol. The number of likely N-dealkylation sites (tertiary alicyclic amines) is 1. The van der Waals surface area contributed by atoms with E-state index in [0.29, 0.717) is 41.6 Å². The molecule has 2 aromatic heterocycles. The van der Waals surface area contributed by atoms with E-state index < -0.39 is 0 Å². The van der Waals surface area contributed by atoms with Gasteiger partial charge in [-0.05, 0) is 31.5 Å². The summed E-state index contributed by atoms with van der Waals surface area (Å²) in [5.41, 5.74) is 3.08. The second kappa shape index (κ2) is 8.55. The third kappa shape index (κ3) is 4.11. The van der Waals surface area contributed by atoms with Gasteiger partial charge in [0.05, 0.1) is 24.1 Å². The van der Waals surface area contributed by atoms with Crippen LogP contribution in [0.2, 0.25) is 0 Å². The largest absolute Gasteiger partial charge is 0.497 e. The van der Waals surface area contributed by atoms with Gasteiger partial charge in [-0.2, -0.15) is 5.10 Å². The Labute approximate surface area is 179 Å². The van der Waals surface area contributed by atoms with Crippen LogP contribution in [0.4, 0.5) is 0 Å². The summed E-state index contributed by atoms with van der Waals surface area (Å²) in [4.78, 5) is 35.5. The quantitative estimate of drug-likeness (QED) is 0.654. The summed E-state index contributed by atoms with van der Waals surface area (Å²) in [6.07, 6.45) is 2.32. The van der Waals surface area contributed by atoms with Gasteiger partial charge < -0.3 is 15.0 Å². The molecule has 1 aromatic carbocycles. The van der Waals surface area contributed by atoms with Crippen molar-refractivity contribution >= 4 is 11.8 Å². The van der Waals surface area contributed by atoms with Crippen molar-refractivity contribution in [3.8, 4) is 17.0 Å². The van der Waals surface area contributed by atoms with Gasteiger partial charge in [-0.3, -0.25) is 14.7 Å². The Morgan fingerprint density at radius 2 is 2.13 bits per heavy atom. The average Bonchev–Trinajstić information content (AvgIpc) is 3.48. The minimum absolute atomic E-state index is 0.0298. The first-order chi connectivity index (χ1) is 15.0. The normalized spacial score (nSPS) is 15.7. The molecule has 160 valence electrons. The molecule has 2 N–H and O–H groups in total. The summed E-state index contributed by atoms with van der Waals surface area (Å²) in [5.74, 6) is 1.10. The van der Waals surface area contributed by atoms with Crippen molar-refractivity contribution in [2.75, 3.05) is 27.2 Å². The van der Waals surface area contributed by atoms with Gasteiger partial charge in [0.1, 0.15) is 17.3 Å². The Hall–Kier alpha value is -3.75. The molecule has 4 rings (SSSR count). The van der Waals surface area contributed by atoms with Crippen LogP contribution in [0.25, 0.3) is 11.3 Å². The van der Waals surface area contributed by atoms with Gasteiger partial charge in [-0.15, -0.1) is 0 Å². The molecule has 0 saturated carbocycles. The zero-order valence-electron chi connectivity index (χ0n) is 17.7. The van der Waals surface area contributed by atoms with Crippen molar-refractivity contribution in [2.24, 2.45) is 0 Å². The first-order valence-corrected chi connectivity index (χ1v) is 10.0. The van der Waals surface area contributed by atoms with E-state index in [1.807, 2.05) is 24.3 Å². The van der Waals surface area contributed by atoms with Gasteiger partial charge in [-0.25, -0.2) is 9.97 Å². The third-order valence-corrected chi connectivity index (χ3v) is 5.48. The molecule has 3 heterocycles. The van der Waals surface area contributed by atoms with E-state index in [-0.39, 0.29) is 17.7 Å². The van der Waals surface area contributed by atoms with Gasteiger partial charge in [0, 0.05) is 37.8 Å². The van der Waals surface area contributed by atoms with E-state index in [2.05, 4.69) is 25.5 Å². The number of aryl methyl sites for hydroxylation is 1. The number of benzene rings is 1. The molecular formula is C22H24N6O3. The van der Waals surface area contributed by atoms with Crippen LogP contribution in [0.5, 0.6) is 5.75 Å². The van der Waals surface area contributed by atoms with Crippen molar-refractivity contribution in [1.29, 1.82) is 0 Å². The molecule has 9 nitrogen and oxygen atoms in total. The highest BCUT2D eigenvalue weighted by Crippen LogP contribution is 2.27. The number of carbonyl (C=O) groups excluding carboxylic acids is 2. The van der Waals surface area contributed by atoms with Gasteiger partial charge in [0.15, 0.2) is 0 Å². The summed E-state index contributed by atoms with van der Waals surface area (Å²) >= 11 is 0. The first-order valence-electron chi connectivity index (χ1n) is 10.0. The van der Waals surface area contributed by atoms with Crippen LogP contribution in [-0.2, 0) is 0 Å². The van der Waals surface area contributed by atoms with E-state index in [0.717, 1.165) is 17.7 Å². The molecule has 0 bridgehead atoms. The number of amides is 2. The zero-order chi connectivity index (χ0) is 22.0. The Bertz CT molecular complexity index is 1130. The lowest BCUT2D eigenvalue weighted by atomic mass is 10.1. The Balaban J connectivity index is 1.46. The maximum atomic E-state index is 13.0. The Morgan fingerprint density at radius 1 is 1.29 bits per heavy atom. The topological polar surface area (TPSA) is 113 Å². The predicted molar refractivity (Wildman–Crippen MR) is 114 cm³/mol. The molecule has 1 fully saturated rings. The summed E-state index contributed by atoms with van der Waals surface area (Å²) in [7, 11) is 3.19. The molecule has 0 radical (unpaired) electrons. The molecule has 1 aliphatic heterocycles. The van der Waals surface area contributed by atoms with Crippen LogP contribution < -0.4 is 10.1 Å². The summed E-state index contributed by atoms with van der Waals surface area (Å²) in [6, 6.07) is 9.28. The number of aromatic amines is 1. The first kappa shape index (κ1) is 20.5. The maximum absolute atomic E-state index is 13.0. The van der Waals surface area contributed by atoms with E-state index in [1.54, 1.807) is 38.2 Å². The molecule has 1 aliphatic rings. The van der Waals surface area contributed by atoms with E-state index in [9.17, 15) is 9.59 Å². The molecule has 0 unspecified atom stereocenters. The second-order valence-corrected chi connectivity index (χ2v) is 7.44. The van der Waals surface area contributed by atoms with Crippen LogP contribution in [0, 0.1) is 6.92 Å². The second-order valence-electron chi connectivity index (χ2n) is 7.44. The lowest BCUT2D eigenvalue weighted by molar-refractivity contribution is 0.0784. The van der Waals surface area contributed by atoms with Gasteiger partial charge in [0.2, 0.25) is 0 Å². The highest BCUT2D eigenvalue weighted by atomic mass is 16.5. The number of ether oxygens (including phenoxy) is 1. The van der Waals surface area contributed by atoms with Crippen LogP contribution in [-0.4, -0.2) is 64.1 Å². The predicted octanol–water partition coefficient (Wildman–Crippen LogP) is 2.17. The Morgan fingerprint density at radius 3 is 2.87 bits per heavy atom. The SMILES string of the molecule is CNC(=O)c1cnc([C@H]2CCN(C(=O)c3cc(-c4cccc(OC)c4)n[nH]3)C2)nc1C. The van der Waals surface area contributed by atoms with Gasteiger partial charge in [0.25, 0.3) is 11.8 Å². The molecule has 2 amide bonds. The highest BCUT2D eigenvalue weighted by Gasteiger charge is 2.31. The highest BCUT2D eigenvalue weighted by molar-refractivity contribution is 5.95. The molecular weight excluding hydrogens is 396 g/mol. The number of H-pyrrole nitrogens is 1. The standard InChI is InChI=1S/C22H24N6O3/c1-13-17(21(29)23-2)11-24-20(25-13)15-7-8-28(12-15)22(30)19-10-18(26-27-19)14-5-4-6-16(9-14)31-3/h4-6,9-11,15H,7-8,12H2,1-3H3,(H,23,29)(H,26,27)/t15-/m0/s1. The number of hydrogen-bond acceptors (Lipinski definition) is 6. The number of rotatable bonds is 5. The molecule has 1 atom stereocenters. The van der Waals surface area contributed by atoms with Crippen LogP contribution in [0.15, 0.2) is 36.5 Å². The number of methoxy groups -OCH3 is 1. The average molecular weight is 420 g/mol. The van der Waals surface area contributed by atoms with E-state index >= 15 is 0 Å². The third-order valence-electron chi connectivity index (χ3n) is 5.48. The van der Waals surface area contributed by atoms with E-state index in [1.165, 1.54) is 0 Å². The maximum Gasteiger partial charge on any atom is 0.271 e. The fourth-order valence-electron chi connectivity index (χ4n) is 3.73. The molecule has 9 heteroatoms. The molecule has 3 aromatic rings. The lowest BCUT2D eigenvalue weighted by Crippen LogP contribution is -2.29. The number of hydrogen-bond donors (Lipinski definition) is 2. The minimum Gasteiger partial charge on any atom is -0.497 e. The molecule has 0 spiro atoms. The van der Waals surface area contributed by atoms with Crippen molar-refractivity contribution in [3.63, 3.8) is 0 Å². The summed E-state index contributed by atoms with van der Waals surface area (Å²) < 4.78 is 5.25. The van der Waals surface area contributed by atoms with Crippen molar-refractivity contribution < 1.29 is 14.3 Å². The summed E-state index contributed by atoms with van der Waals surface area (Å²) in [5, 5.41) is 9.72. The summed E-state index contributed by atoms with van der Waals surface area (Å²) in [6.45, 7) is 2.92. The zero-order valence-corrected chi connectivity index (χ0v) is 17.7. The van der Waals surface area contributed by atoms with Crippen molar-refractivity contribution in [2.45, 2.75) is 19.3 Å². The van der Waals surface area contributed by atoms with Gasteiger partial charge >= 0.3 is 0 Å². The molecule has 31 heavy (non-hydrogen) atoms. The van der Waals surface area contributed by atoms with E-state index in [4.69, 9.17) is 4.74 Å². The molecule has 1 saturated heterocycles. The number of nitrogens with one attached hydrogen (secondary N) is 2. The Kier molecular flexibility index (Phi) is 5.66. The van der Waals surface area contributed by atoms with Gasteiger partial charge in [-0.1, -0.05) is 12.1 Å². The van der Waals surface area contributed by atoms with Crippen molar-refractivity contribution in [3.05, 3.63) is 59.3 Å². The minimum atomic E-state index is -0.210. The molecule has 0 aliphatic carbocycles. The fourth-order valence-corrected chi connectivity index (χ4v) is 3.73. The van der Waals surface area contributed by atoms with Crippen LogP contribution in [0.1, 0.15) is 44.7 Å². The number of nitrogens with zero attached hydrogens (tertiary/aromatic N) is 4. The van der Waals surface area contributed by atoms with Crippen LogP contribution in [0.3, 0.4) is 0 Å². The lowest BCUT2D eigenvalue weighted by Gasteiger charge is -2.15. The van der Waals surface area contributed by atoms with Crippen LogP contribution >= 0.6 is 0 Å². The smallest absolute Gasteiger partial charge is 0.271 e. The number of aromatic nitrogens is 4. The van der Waals surface area contributed by atoms with Crippen molar-refractivity contribution in [1.82, 2.24) is 30.4 Å².